The lowest BCUT2D eigenvalue weighted by atomic mass is 10.1. The first kappa shape index (κ1) is 22.7. The van der Waals surface area contributed by atoms with Gasteiger partial charge in [-0.2, -0.15) is 5.10 Å². The van der Waals surface area contributed by atoms with Gasteiger partial charge in [0, 0.05) is 17.8 Å². The molecule has 5 rings (SSSR count). The maximum absolute atomic E-state index is 14.9. The van der Waals surface area contributed by atoms with Crippen molar-refractivity contribution in [3.8, 4) is 17.0 Å². The number of aromatic nitrogens is 4. The summed E-state index contributed by atoms with van der Waals surface area (Å²) in [5.74, 6) is -0.458. The van der Waals surface area contributed by atoms with Gasteiger partial charge in [-0.1, -0.05) is 0 Å². The Morgan fingerprint density at radius 1 is 1.12 bits per heavy atom. The molecule has 0 aliphatic carbocycles. The van der Waals surface area contributed by atoms with Crippen LogP contribution in [0.4, 0.5) is 14.5 Å². The summed E-state index contributed by atoms with van der Waals surface area (Å²) in [4.78, 5) is 13.0. The molecule has 0 radical (unpaired) electrons. The van der Waals surface area contributed by atoms with Crippen LogP contribution in [0.3, 0.4) is 0 Å². The van der Waals surface area contributed by atoms with Crippen LogP contribution in [-0.4, -0.2) is 64.0 Å². The maximum Gasteiger partial charge on any atom is 0.178 e. The van der Waals surface area contributed by atoms with E-state index in [1.807, 2.05) is 30.8 Å². The summed E-state index contributed by atoms with van der Waals surface area (Å²) < 4.78 is 37.3. The highest BCUT2D eigenvalue weighted by Gasteiger charge is 2.26. The lowest BCUT2D eigenvalue weighted by Gasteiger charge is -2.34. The zero-order valence-electron chi connectivity index (χ0n) is 19.8. The normalized spacial score (nSPS) is 17.2. The molecule has 1 saturated heterocycles. The highest BCUT2D eigenvalue weighted by Crippen LogP contribution is 2.39. The Labute approximate surface area is 198 Å². The van der Waals surface area contributed by atoms with Crippen molar-refractivity contribution in [1.82, 2.24) is 24.6 Å². The molecule has 1 aromatic carbocycles. The Hall–Kier alpha value is -3.07. The molecule has 0 spiro atoms. The summed E-state index contributed by atoms with van der Waals surface area (Å²) in [5, 5.41) is 4.72. The number of anilines is 1. The van der Waals surface area contributed by atoms with Gasteiger partial charge in [0.15, 0.2) is 17.4 Å². The molecule has 3 aromatic rings. The van der Waals surface area contributed by atoms with E-state index in [-0.39, 0.29) is 17.5 Å². The molecule has 1 fully saturated rings. The number of hydrogen-bond acceptors (Lipinski definition) is 6. The second-order valence-electron chi connectivity index (χ2n) is 9.42. The Bertz CT molecular complexity index is 1170. The topological polar surface area (TPSA) is 59.3 Å². The van der Waals surface area contributed by atoms with Gasteiger partial charge in [-0.15, -0.1) is 0 Å². The molecule has 34 heavy (non-hydrogen) atoms. The van der Waals surface area contributed by atoms with Crippen molar-refractivity contribution < 1.29 is 13.5 Å². The van der Waals surface area contributed by atoms with Gasteiger partial charge < -0.3 is 14.5 Å². The molecule has 9 heteroatoms. The number of nitrogens with zero attached hydrogens (tertiary/aromatic N) is 6. The fourth-order valence-corrected chi connectivity index (χ4v) is 4.76. The van der Waals surface area contributed by atoms with Gasteiger partial charge in [0.1, 0.15) is 18.1 Å². The minimum Gasteiger partial charge on any atom is -0.486 e. The molecule has 2 aliphatic rings. The summed E-state index contributed by atoms with van der Waals surface area (Å²) in [7, 11) is 2.13. The zero-order chi connectivity index (χ0) is 23.8. The lowest BCUT2D eigenvalue weighted by molar-refractivity contribution is 0.212. The monoisotopic (exact) mass is 468 g/mol. The number of hydrogen-bond donors (Lipinski definition) is 0. The highest BCUT2D eigenvalue weighted by molar-refractivity contribution is 5.72. The van der Waals surface area contributed by atoms with Crippen LogP contribution in [0.1, 0.15) is 44.2 Å². The van der Waals surface area contributed by atoms with Gasteiger partial charge in [-0.05, 0) is 65.0 Å². The van der Waals surface area contributed by atoms with Crippen LogP contribution in [-0.2, 0) is 6.42 Å². The molecule has 2 aromatic heterocycles. The van der Waals surface area contributed by atoms with E-state index < -0.39 is 11.6 Å². The average Bonchev–Trinajstić information content (AvgIpc) is 3.28. The predicted octanol–water partition coefficient (Wildman–Crippen LogP) is 4.08. The van der Waals surface area contributed by atoms with Gasteiger partial charge in [0.05, 0.1) is 36.6 Å². The molecular formula is C25H30F2N6O. The molecule has 7 nitrogen and oxygen atoms in total. The number of ether oxygens (including phenoxy) is 1. The first-order valence-electron chi connectivity index (χ1n) is 11.9. The van der Waals surface area contributed by atoms with Crippen LogP contribution in [0.5, 0.6) is 5.75 Å². The first-order chi connectivity index (χ1) is 16.4. The van der Waals surface area contributed by atoms with Gasteiger partial charge in [-0.3, -0.25) is 4.68 Å². The number of benzene rings is 1. The second kappa shape index (κ2) is 9.29. The van der Waals surface area contributed by atoms with Crippen LogP contribution in [0, 0.1) is 11.6 Å². The number of halogens is 2. The van der Waals surface area contributed by atoms with Crippen molar-refractivity contribution in [1.29, 1.82) is 0 Å². The van der Waals surface area contributed by atoms with Crippen molar-refractivity contribution in [3.63, 3.8) is 0 Å². The fourth-order valence-electron chi connectivity index (χ4n) is 4.76. The van der Waals surface area contributed by atoms with E-state index in [0.29, 0.717) is 42.7 Å². The predicted molar refractivity (Wildman–Crippen MR) is 126 cm³/mol. The fraction of sp³-hybridized carbons (Fsp3) is 0.480. The standard InChI is InChI=1S/C25H30F2N6O/c1-16(2)32-10-11-34-25-20(26)12-17(13-22(25)32)24-21(27)15-28-23(29-24)14-18-4-9-33(30-18)19-5-7-31(3)8-6-19/h4,9,12-13,15-16,19H,5-8,10-11,14H2,1-3H3. The van der Waals surface area contributed by atoms with E-state index in [9.17, 15) is 8.78 Å². The minimum atomic E-state index is -0.590. The van der Waals surface area contributed by atoms with Crippen molar-refractivity contribution >= 4 is 5.69 Å². The van der Waals surface area contributed by atoms with Crippen LogP contribution in [0.2, 0.25) is 0 Å². The smallest absolute Gasteiger partial charge is 0.178 e. The molecule has 0 atom stereocenters. The molecule has 4 heterocycles. The van der Waals surface area contributed by atoms with E-state index in [2.05, 4.69) is 26.8 Å². The second-order valence-corrected chi connectivity index (χ2v) is 9.42. The van der Waals surface area contributed by atoms with E-state index in [4.69, 9.17) is 9.84 Å². The van der Waals surface area contributed by atoms with Crippen molar-refractivity contribution in [2.45, 2.75) is 45.2 Å². The van der Waals surface area contributed by atoms with Crippen LogP contribution >= 0.6 is 0 Å². The van der Waals surface area contributed by atoms with Crippen molar-refractivity contribution in [2.75, 3.05) is 38.2 Å². The summed E-state index contributed by atoms with van der Waals surface area (Å²) in [6.07, 6.45) is 5.65. The van der Waals surface area contributed by atoms with Gasteiger partial charge in [-0.25, -0.2) is 18.7 Å². The third-order valence-corrected chi connectivity index (χ3v) is 6.67. The summed E-state index contributed by atoms with van der Waals surface area (Å²) in [5.41, 5.74) is 1.89. The molecule has 2 aliphatic heterocycles. The molecule has 0 unspecified atom stereocenters. The SMILES string of the molecule is CC(C)N1CCOc2c(F)cc(-c3nc(Cc4ccn(C5CCN(C)CC5)n4)ncc3F)cc21. The van der Waals surface area contributed by atoms with Crippen molar-refractivity contribution in [2.24, 2.45) is 0 Å². The number of piperidine rings is 1. The van der Waals surface area contributed by atoms with E-state index in [1.165, 1.54) is 6.07 Å². The first-order valence-corrected chi connectivity index (χ1v) is 11.9. The van der Waals surface area contributed by atoms with E-state index >= 15 is 0 Å². The zero-order valence-corrected chi connectivity index (χ0v) is 19.8. The molecule has 0 N–H and O–H groups in total. The van der Waals surface area contributed by atoms with Gasteiger partial charge in [0.25, 0.3) is 0 Å². The number of likely N-dealkylation sites (tertiary alicyclic amines) is 1. The summed E-state index contributed by atoms with van der Waals surface area (Å²) in [6.45, 7) is 7.24. The summed E-state index contributed by atoms with van der Waals surface area (Å²) >= 11 is 0. The van der Waals surface area contributed by atoms with Crippen LogP contribution < -0.4 is 9.64 Å². The number of fused-ring (bicyclic) bond motifs is 1. The number of rotatable bonds is 5. The highest BCUT2D eigenvalue weighted by atomic mass is 19.1. The minimum absolute atomic E-state index is 0.0794. The molecule has 0 bridgehead atoms. The quantitative estimate of drug-likeness (QED) is 0.562. The third kappa shape index (κ3) is 4.49. The molecular weight excluding hydrogens is 438 g/mol. The van der Waals surface area contributed by atoms with Crippen LogP contribution in [0.15, 0.2) is 30.6 Å². The van der Waals surface area contributed by atoms with E-state index in [1.54, 1.807) is 6.07 Å². The Morgan fingerprint density at radius 3 is 2.68 bits per heavy atom. The van der Waals surface area contributed by atoms with Gasteiger partial charge in [0.2, 0.25) is 0 Å². The van der Waals surface area contributed by atoms with Crippen molar-refractivity contribution in [3.05, 3.63) is 53.7 Å². The largest absolute Gasteiger partial charge is 0.486 e. The third-order valence-electron chi connectivity index (χ3n) is 6.67. The molecule has 0 amide bonds. The Kier molecular flexibility index (Phi) is 6.20. The maximum atomic E-state index is 14.9. The van der Waals surface area contributed by atoms with Crippen LogP contribution in [0.25, 0.3) is 11.3 Å². The Balaban J connectivity index is 1.41. The average molecular weight is 469 g/mol. The van der Waals surface area contributed by atoms with E-state index in [0.717, 1.165) is 37.8 Å². The molecule has 0 saturated carbocycles. The summed E-state index contributed by atoms with van der Waals surface area (Å²) in [6, 6.07) is 5.54. The molecule has 180 valence electrons. The Morgan fingerprint density at radius 2 is 1.91 bits per heavy atom. The lowest BCUT2D eigenvalue weighted by Crippen LogP contribution is -2.38. The van der Waals surface area contributed by atoms with Gasteiger partial charge >= 0.3 is 0 Å².